The lowest BCUT2D eigenvalue weighted by Crippen LogP contribution is -2.36. The van der Waals surface area contributed by atoms with Crippen LogP contribution in [0.25, 0.3) is 10.9 Å². The minimum absolute atomic E-state index is 0. The molecule has 0 amide bonds. The number of pyridine rings is 1. The van der Waals surface area contributed by atoms with Gasteiger partial charge in [-0.2, -0.15) is 4.31 Å². The van der Waals surface area contributed by atoms with Crippen molar-refractivity contribution in [3.63, 3.8) is 0 Å². The summed E-state index contributed by atoms with van der Waals surface area (Å²) in [4.78, 5) is 6.68. The van der Waals surface area contributed by atoms with Crippen LogP contribution in [0, 0.1) is 6.92 Å². The second-order valence-electron chi connectivity index (χ2n) is 6.91. The first-order valence-electron chi connectivity index (χ1n) is 8.93. The number of hydrogen-bond donors (Lipinski definition) is 0. The average molecular weight is 420 g/mol. The van der Waals surface area contributed by atoms with Gasteiger partial charge in [0.2, 0.25) is 10.0 Å². The van der Waals surface area contributed by atoms with E-state index in [4.69, 9.17) is 0 Å². The molecule has 0 aliphatic carbocycles. The van der Waals surface area contributed by atoms with Crippen molar-refractivity contribution < 1.29 is 8.42 Å². The van der Waals surface area contributed by atoms with Crippen molar-refractivity contribution in [3.05, 3.63) is 71.9 Å². The second-order valence-corrected chi connectivity index (χ2v) is 8.81. The molecule has 0 bridgehead atoms. The zero-order valence-electron chi connectivity index (χ0n) is 16.4. The minimum Gasteiger partial charge on any atom is -0.308 e. The third-order valence-electron chi connectivity index (χ3n) is 4.55. The van der Waals surface area contributed by atoms with E-state index in [0.717, 1.165) is 16.6 Å². The first kappa shape index (κ1) is 22.3. The lowest BCUT2D eigenvalue weighted by molar-refractivity contribution is 0.329. The summed E-state index contributed by atoms with van der Waals surface area (Å²) >= 11 is 0. The molecule has 1 aromatic heterocycles. The molecule has 150 valence electrons. The molecular weight excluding hydrogens is 394 g/mol. The van der Waals surface area contributed by atoms with E-state index in [1.807, 2.05) is 68.4 Å². The SMILES string of the molecule is Cc1ccc(S(=O)(=O)N(CCN(C)C)Cc2ccccc2)c2cccnc12.Cl. The van der Waals surface area contributed by atoms with Crippen molar-refractivity contribution in [2.24, 2.45) is 0 Å². The number of halogens is 1. The fraction of sp³-hybridized carbons (Fsp3) is 0.286. The molecule has 1 heterocycles. The Morgan fingerprint density at radius 1 is 0.929 bits per heavy atom. The van der Waals surface area contributed by atoms with E-state index < -0.39 is 10.0 Å². The van der Waals surface area contributed by atoms with Crippen molar-refractivity contribution >= 4 is 33.3 Å². The van der Waals surface area contributed by atoms with Crippen LogP contribution < -0.4 is 0 Å². The van der Waals surface area contributed by atoms with Crippen molar-refractivity contribution in [1.82, 2.24) is 14.2 Å². The van der Waals surface area contributed by atoms with E-state index in [1.54, 1.807) is 22.6 Å². The predicted octanol–water partition coefficient (Wildman–Crippen LogP) is 3.72. The van der Waals surface area contributed by atoms with E-state index in [0.29, 0.717) is 29.9 Å². The number of hydrogen-bond acceptors (Lipinski definition) is 4. The summed E-state index contributed by atoms with van der Waals surface area (Å²) in [5.74, 6) is 0. The van der Waals surface area contributed by atoms with Crippen LogP contribution in [-0.2, 0) is 16.6 Å². The largest absolute Gasteiger partial charge is 0.308 e. The predicted molar refractivity (Wildman–Crippen MR) is 116 cm³/mol. The second kappa shape index (κ2) is 9.47. The fourth-order valence-electron chi connectivity index (χ4n) is 3.03. The summed E-state index contributed by atoms with van der Waals surface area (Å²) < 4.78 is 28.7. The molecule has 0 fully saturated rings. The highest BCUT2D eigenvalue weighted by atomic mass is 35.5. The first-order valence-corrected chi connectivity index (χ1v) is 10.4. The van der Waals surface area contributed by atoms with Gasteiger partial charge < -0.3 is 4.90 Å². The molecule has 3 aromatic rings. The molecule has 0 N–H and O–H groups in total. The molecule has 0 spiro atoms. The standard InChI is InChI=1S/C21H25N3O2S.ClH/c1-17-11-12-20(19-10-7-13-22-21(17)19)27(25,26)24(15-14-23(2)3)16-18-8-5-4-6-9-18;/h4-13H,14-16H2,1-3H3;1H. The van der Waals surface area contributed by atoms with Crippen LogP contribution in [0.15, 0.2) is 65.7 Å². The van der Waals surface area contributed by atoms with Gasteiger partial charge in [-0.25, -0.2) is 8.42 Å². The molecule has 0 atom stereocenters. The molecule has 5 nitrogen and oxygen atoms in total. The van der Waals surface area contributed by atoms with E-state index in [-0.39, 0.29) is 12.4 Å². The maximum absolute atomic E-state index is 13.6. The summed E-state index contributed by atoms with van der Waals surface area (Å²) in [6.45, 7) is 3.35. The number of nitrogens with zero attached hydrogens (tertiary/aromatic N) is 3. The summed E-state index contributed by atoms with van der Waals surface area (Å²) in [5, 5.41) is 0.667. The number of fused-ring (bicyclic) bond motifs is 1. The minimum atomic E-state index is -3.67. The van der Waals surface area contributed by atoms with Gasteiger partial charge in [0.15, 0.2) is 0 Å². The third-order valence-corrected chi connectivity index (χ3v) is 6.45. The Morgan fingerprint density at radius 2 is 1.64 bits per heavy atom. The van der Waals surface area contributed by atoms with Gasteiger partial charge in [-0.15, -0.1) is 12.4 Å². The van der Waals surface area contributed by atoms with Gasteiger partial charge in [0.1, 0.15) is 0 Å². The monoisotopic (exact) mass is 419 g/mol. The topological polar surface area (TPSA) is 53.5 Å². The Kier molecular flexibility index (Phi) is 7.55. The zero-order valence-corrected chi connectivity index (χ0v) is 18.0. The van der Waals surface area contributed by atoms with Crippen molar-refractivity contribution in [2.75, 3.05) is 27.2 Å². The van der Waals surface area contributed by atoms with Crippen LogP contribution >= 0.6 is 12.4 Å². The summed E-state index contributed by atoms with van der Waals surface area (Å²) in [5.41, 5.74) is 2.66. The summed E-state index contributed by atoms with van der Waals surface area (Å²) in [6, 6.07) is 16.8. The highest BCUT2D eigenvalue weighted by Crippen LogP contribution is 2.27. The molecule has 2 aromatic carbocycles. The Labute approximate surface area is 173 Å². The van der Waals surface area contributed by atoms with E-state index in [9.17, 15) is 8.42 Å². The Hall–Kier alpha value is -1.99. The smallest absolute Gasteiger partial charge is 0.244 e. The molecule has 7 heteroatoms. The van der Waals surface area contributed by atoms with Gasteiger partial charge in [-0.3, -0.25) is 4.98 Å². The van der Waals surface area contributed by atoms with Crippen LogP contribution in [0.2, 0.25) is 0 Å². The van der Waals surface area contributed by atoms with E-state index >= 15 is 0 Å². The quantitative estimate of drug-likeness (QED) is 0.585. The molecule has 0 radical (unpaired) electrons. The number of aromatic nitrogens is 1. The molecular formula is C21H26ClN3O2S. The Morgan fingerprint density at radius 3 is 2.32 bits per heavy atom. The zero-order chi connectivity index (χ0) is 19.4. The number of likely N-dealkylation sites (N-methyl/N-ethyl adjacent to an activating group) is 1. The van der Waals surface area contributed by atoms with Gasteiger partial charge >= 0.3 is 0 Å². The third kappa shape index (κ3) is 4.89. The molecule has 0 aliphatic heterocycles. The molecule has 28 heavy (non-hydrogen) atoms. The maximum Gasteiger partial charge on any atom is 0.244 e. The number of sulfonamides is 1. The maximum atomic E-state index is 13.6. The lowest BCUT2D eigenvalue weighted by atomic mass is 10.1. The highest BCUT2D eigenvalue weighted by Gasteiger charge is 2.27. The van der Waals surface area contributed by atoms with Gasteiger partial charge in [-0.05, 0) is 50.3 Å². The highest BCUT2D eigenvalue weighted by molar-refractivity contribution is 7.89. The Bertz CT molecular complexity index is 1020. The van der Waals surface area contributed by atoms with Gasteiger partial charge in [0.25, 0.3) is 0 Å². The Balaban J connectivity index is 0.00000280. The number of aryl methyl sites for hydroxylation is 1. The molecule has 0 aliphatic rings. The van der Waals surface area contributed by atoms with E-state index in [2.05, 4.69) is 4.98 Å². The van der Waals surface area contributed by atoms with Crippen molar-refractivity contribution in [2.45, 2.75) is 18.4 Å². The van der Waals surface area contributed by atoms with Crippen LogP contribution in [0.1, 0.15) is 11.1 Å². The molecule has 0 saturated heterocycles. The van der Waals surface area contributed by atoms with Crippen LogP contribution in [-0.4, -0.2) is 49.8 Å². The molecule has 0 unspecified atom stereocenters. The molecule has 0 saturated carbocycles. The first-order chi connectivity index (χ1) is 12.9. The normalized spacial score (nSPS) is 11.8. The summed E-state index contributed by atoms with van der Waals surface area (Å²) in [6.07, 6.45) is 1.69. The van der Waals surface area contributed by atoms with Gasteiger partial charge in [0.05, 0.1) is 10.4 Å². The van der Waals surface area contributed by atoms with Crippen molar-refractivity contribution in [1.29, 1.82) is 0 Å². The fourth-order valence-corrected chi connectivity index (χ4v) is 4.64. The van der Waals surface area contributed by atoms with Crippen molar-refractivity contribution in [3.8, 4) is 0 Å². The van der Waals surface area contributed by atoms with Crippen LogP contribution in [0.4, 0.5) is 0 Å². The number of benzene rings is 2. The van der Waals surface area contributed by atoms with Gasteiger partial charge in [-0.1, -0.05) is 36.4 Å². The summed E-state index contributed by atoms with van der Waals surface area (Å²) in [7, 11) is 0.214. The molecule has 3 rings (SSSR count). The van der Waals surface area contributed by atoms with Crippen LogP contribution in [0.5, 0.6) is 0 Å². The van der Waals surface area contributed by atoms with Gasteiger partial charge in [0, 0.05) is 31.2 Å². The average Bonchev–Trinajstić information content (AvgIpc) is 2.66. The number of rotatable bonds is 7. The van der Waals surface area contributed by atoms with E-state index in [1.165, 1.54) is 0 Å². The lowest BCUT2D eigenvalue weighted by Gasteiger charge is -2.25. The van der Waals surface area contributed by atoms with Crippen LogP contribution in [0.3, 0.4) is 0 Å².